The highest BCUT2D eigenvalue weighted by Crippen LogP contribution is 2.35. The molecule has 0 aromatic heterocycles. The number of aliphatic hydroxyl groups is 1. The molecule has 84 valence electrons. The number of hydrogen-bond donors (Lipinski definition) is 2. The molecule has 2 nitrogen and oxygen atoms in total. The van der Waals surface area contributed by atoms with Gasteiger partial charge in [0.25, 0.3) is 0 Å². The Bertz CT molecular complexity index is 321. The third-order valence-electron chi connectivity index (χ3n) is 2.99. The molecule has 0 aliphatic carbocycles. The quantitative estimate of drug-likeness (QED) is 0.885. The van der Waals surface area contributed by atoms with Gasteiger partial charge in [-0.2, -0.15) is 0 Å². The van der Waals surface area contributed by atoms with Gasteiger partial charge >= 0.3 is 0 Å². The molecule has 1 rings (SSSR count). The second-order valence-corrected chi connectivity index (χ2v) is 4.82. The van der Waals surface area contributed by atoms with E-state index < -0.39 is 5.60 Å². The van der Waals surface area contributed by atoms with Crippen LogP contribution in [0.5, 0.6) is 0 Å². The van der Waals surface area contributed by atoms with Crippen LogP contribution in [0.1, 0.15) is 25.8 Å². The summed E-state index contributed by atoms with van der Waals surface area (Å²) in [6, 6.07) is 7.74. The topological polar surface area (TPSA) is 46.2 Å². The van der Waals surface area contributed by atoms with Crippen LogP contribution in [0.15, 0.2) is 28.7 Å². The summed E-state index contributed by atoms with van der Waals surface area (Å²) in [6.45, 7) is 4.36. The van der Waals surface area contributed by atoms with Crippen LogP contribution in [0.25, 0.3) is 0 Å². The fraction of sp³-hybridized carbons (Fsp3) is 0.500. The summed E-state index contributed by atoms with van der Waals surface area (Å²) in [5, 5.41) is 10.5. The van der Waals surface area contributed by atoms with Crippen LogP contribution in [0.3, 0.4) is 0 Å². The minimum atomic E-state index is -0.871. The molecular formula is C12H18BrNO. The van der Waals surface area contributed by atoms with Gasteiger partial charge in [0, 0.05) is 10.4 Å². The molecule has 0 heterocycles. The maximum absolute atomic E-state index is 10.5. The van der Waals surface area contributed by atoms with Crippen LogP contribution in [0.2, 0.25) is 0 Å². The molecule has 2 atom stereocenters. The molecule has 0 saturated heterocycles. The molecule has 1 aromatic rings. The first-order valence-corrected chi connectivity index (χ1v) is 6.00. The van der Waals surface area contributed by atoms with Gasteiger partial charge < -0.3 is 10.8 Å². The summed E-state index contributed by atoms with van der Waals surface area (Å²) in [5.41, 5.74) is 5.71. The average molecular weight is 272 g/mol. The molecule has 0 saturated carbocycles. The van der Waals surface area contributed by atoms with Gasteiger partial charge in [0.1, 0.15) is 0 Å². The maximum Gasteiger partial charge on any atom is 0.0919 e. The van der Waals surface area contributed by atoms with Crippen molar-refractivity contribution in [2.75, 3.05) is 6.54 Å². The first-order valence-electron chi connectivity index (χ1n) is 5.21. The molecule has 0 aliphatic heterocycles. The average Bonchev–Trinajstić information content (AvgIpc) is 2.19. The lowest BCUT2D eigenvalue weighted by atomic mass is 9.81. The second kappa shape index (κ2) is 5.10. The van der Waals surface area contributed by atoms with E-state index in [-0.39, 0.29) is 5.92 Å². The van der Waals surface area contributed by atoms with Gasteiger partial charge in [-0.1, -0.05) is 41.1 Å². The van der Waals surface area contributed by atoms with Crippen LogP contribution in [-0.4, -0.2) is 11.7 Å². The summed E-state index contributed by atoms with van der Waals surface area (Å²) in [5.74, 6) is 0.0798. The molecule has 0 amide bonds. The molecule has 3 heteroatoms. The van der Waals surface area contributed by atoms with E-state index in [1.165, 1.54) is 0 Å². The van der Waals surface area contributed by atoms with Crippen LogP contribution in [0.4, 0.5) is 0 Å². The molecule has 3 N–H and O–H groups in total. The normalized spacial score (nSPS) is 17.1. The van der Waals surface area contributed by atoms with Crippen molar-refractivity contribution in [1.29, 1.82) is 0 Å². The molecule has 0 aliphatic rings. The van der Waals surface area contributed by atoms with E-state index in [1.807, 2.05) is 38.1 Å². The summed E-state index contributed by atoms with van der Waals surface area (Å²) < 4.78 is 0.932. The van der Waals surface area contributed by atoms with Crippen molar-refractivity contribution in [1.82, 2.24) is 0 Å². The van der Waals surface area contributed by atoms with E-state index in [9.17, 15) is 5.11 Å². The molecule has 15 heavy (non-hydrogen) atoms. The molecular weight excluding hydrogens is 254 g/mol. The fourth-order valence-corrected chi connectivity index (χ4v) is 2.57. The monoisotopic (exact) mass is 271 g/mol. The Kier molecular flexibility index (Phi) is 4.32. The molecule has 2 unspecified atom stereocenters. The first-order chi connectivity index (χ1) is 7.04. The lowest BCUT2D eigenvalue weighted by Crippen LogP contribution is -2.36. The lowest BCUT2D eigenvalue weighted by Gasteiger charge is -2.32. The van der Waals surface area contributed by atoms with Gasteiger partial charge in [-0.3, -0.25) is 0 Å². The Labute approximate surface area is 99.6 Å². The minimum Gasteiger partial charge on any atom is -0.385 e. The second-order valence-electron chi connectivity index (χ2n) is 3.97. The van der Waals surface area contributed by atoms with E-state index in [1.54, 1.807) is 0 Å². The summed E-state index contributed by atoms with van der Waals surface area (Å²) in [6.07, 6.45) is 0.866. The van der Waals surface area contributed by atoms with Crippen molar-refractivity contribution in [3.8, 4) is 0 Å². The Morgan fingerprint density at radius 1 is 1.47 bits per heavy atom. The third kappa shape index (κ3) is 2.60. The number of hydrogen-bond acceptors (Lipinski definition) is 2. The van der Waals surface area contributed by atoms with Crippen molar-refractivity contribution < 1.29 is 5.11 Å². The summed E-state index contributed by atoms with van der Waals surface area (Å²) in [4.78, 5) is 0. The molecule has 0 fully saturated rings. The molecule has 0 spiro atoms. The standard InChI is InChI=1S/C12H18BrNO/c1-3-9(8-14)12(2,15)10-6-4-5-7-11(10)13/h4-7,9,15H,3,8,14H2,1-2H3. The summed E-state index contributed by atoms with van der Waals surface area (Å²) >= 11 is 3.46. The highest BCUT2D eigenvalue weighted by atomic mass is 79.9. The van der Waals surface area contributed by atoms with Crippen molar-refractivity contribution in [3.05, 3.63) is 34.3 Å². The SMILES string of the molecule is CCC(CN)C(C)(O)c1ccccc1Br. The fourth-order valence-electron chi connectivity index (χ4n) is 1.89. The Morgan fingerprint density at radius 2 is 2.07 bits per heavy atom. The van der Waals surface area contributed by atoms with Crippen molar-refractivity contribution in [2.24, 2.45) is 11.7 Å². The predicted molar refractivity (Wildman–Crippen MR) is 66.5 cm³/mol. The first kappa shape index (κ1) is 12.7. The van der Waals surface area contributed by atoms with E-state index in [0.717, 1.165) is 16.5 Å². The minimum absolute atomic E-state index is 0.0798. The van der Waals surface area contributed by atoms with Crippen LogP contribution < -0.4 is 5.73 Å². The predicted octanol–water partition coefficient (Wildman–Crippen LogP) is 2.64. The summed E-state index contributed by atoms with van der Waals surface area (Å²) in [7, 11) is 0. The highest BCUT2D eigenvalue weighted by molar-refractivity contribution is 9.10. The zero-order chi connectivity index (χ0) is 11.5. The Balaban J connectivity index is 3.09. The van der Waals surface area contributed by atoms with E-state index in [4.69, 9.17) is 5.73 Å². The van der Waals surface area contributed by atoms with Crippen molar-refractivity contribution in [2.45, 2.75) is 25.9 Å². The smallest absolute Gasteiger partial charge is 0.0919 e. The Hall–Kier alpha value is -0.380. The van der Waals surface area contributed by atoms with Crippen molar-refractivity contribution in [3.63, 3.8) is 0 Å². The van der Waals surface area contributed by atoms with Crippen LogP contribution >= 0.6 is 15.9 Å². The van der Waals surface area contributed by atoms with Gasteiger partial charge in [0.05, 0.1) is 5.60 Å². The van der Waals surface area contributed by atoms with E-state index >= 15 is 0 Å². The zero-order valence-electron chi connectivity index (χ0n) is 9.20. The van der Waals surface area contributed by atoms with Crippen LogP contribution in [0, 0.1) is 5.92 Å². The van der Waals surface area contributed by atoms with Gasteiger partial charge in [-0.15, -0.1) is 0 Å². The van der Waals surface area contributed by atoms with Gasteiger partial charge in [0.2, 0.25) is 0 Å². The maximum atomic E-state index is 10.5. The highest BCUT2D eigenvalue weighted by Gasteiger charge is 2.32. The van der Waals surface area contributed by atoms with Gasteiger partial charge in [-0.05, 0) is 31.5 Å². The number of rotatable bonds is 4. The lowest BCUT2D eigenvalue weighted by molar-refractivity contribution is -0.00467. The van der Waals surface area contributed by atoms with E-state index in [0.29, 0.717) is 6.54 Å². The largest absolute Gasteiger partial charge is 0.385 e. The molecule has 0 radical (unpaired) electrons. The Morgan fingerprint density at radius 3 is 2.53 bits per heavy atom. The molecule has 0 bridgehead atoms. The van der Waals surface area contributed by atoms with E-state index in [2.05, 4.69) is 15.9 Å². The van der Waals surface area contributed by atoms with Gasteiger partial charge in [-0.25, -0.2) is 0 Å². The third-order valence-corrected chi connectivity index (χ3v) is 3.68. The van der Waals surface area contributed by atoms with Crippen LogP contribution in [-0.2, 0) is 5.60 Å². The zero-order valence-corrected chi connectivity index (χ0v) is 10.8. The van der Waals surface area contributed by atoms with Crippen molar-refractivity contribution >= 4 is 15.9 Å². The number of nitrogens with two attached hydrogens (primary N) is 1. The number of halogens is 1. The number of benzene rings is 1. The van der Waals surface area contributed by atoms with Gasteiger partial charge in [0.15, 0.2) is 0 Å². The molecule has 1 aromatic carbocycles.